The van der Waals surface area contributed by atoms with E-state index in [2.05, 4.69) is 21.2 Å². The van der Waals surface area contributed by atoms with Crippen molar-refractivity contribution in [2.24, 2.45) is 11.8 Å². The molecular formula is C14H12BrCl2NO3. The van der Waals surface area contributed by atoms with Gasteiger partial charge < -0.3 is 10.4 Å². The van der Waals surface area contributed by atoms with E-state index >= 15 is 0 Å². The fourth-order valence-electron chi connectivity index (χ4n) is 2.25. The Bertz CT molecular complexity index is 595. The first-order chi connectivity index (χ1) is 9.90. The van der Waals surface area contributed by atoms with Crippen LogP contribution < -0.4 is 5.32 Å². The molecule has 1 aromatic rings. The van der Waals surface area contributed by atoms with Gasteiger partial charge in [0.15, 0.2) is 0 Å². The van der Waals surface area contributed by atoms with Crippen LogP contribution in [0, 0.1) is 11.8 Å². The third-order valence-electron chi connectivity index (χ3n) is 3.34. The Morgan fingerprint density at radius 3 is 2.19 bits per heavy atom. The lowest BCUT2D eigenvalue weighted by molar-refractivity contribution is -0.146. The van der Waals surface area contributed by atoms with Gasteiger partial charge in [-0.2, -0.15) is 0 Å². The summed E-state index contributed by atoms with van der Waals surface area (Å²) >= 11 is 15.4. The molecule has 2 atom stereocenters. The maximum Gasteiger partial charge on any atom is 0.307 e. The molecule has 0 aliphatic heterocycles. The van der Waals surface area contributed by atoms with Crippen LogP contribution in [-0.4, -0.2) is 17.0 Å². The number of aliphatic carboxylic acids is 1. The third-order valence-corrected chi connectivity index (χ3v) is 4.40. The van der Waals surface area contributed by atoms with Gasteiger partial charge in [-0.1, -0.05) is 51.3 Å². The molecule has 0 saturated heterocycles. The number of allylic oxidation sites excluding steroid dienone is 2. The van der Waals surface area contributed by atoms with Gasteiger partial charge in [0.05, 0.1) is 27.6 Å². The van der Waals surface area contributed by atoms with Crippen molar-refractivity contribution in [1.29, 1.82) is 0 Å². The Kier molecular flexibility index (Phi) is 5.30. The third kappa shape index (κ3) is 3.78. The van der Waals surface area contributed by atoms with E-state index in [1.807, 2.05) is 6.08 Å². The summed E-state index contributed by atoms with van der Waals surface area (Å²) in [5, 5.41) is 12.4. The van der Waals surface area contributed by atoms with Gasteiger partial charge in [0.2, 0.25) is 5.91 Å². The molecule has 0 heterocycles. The number of rotatable bonds is 3. The molecule has 1 aromatic carbocycles. The average Bonchev–Trinajstić information content (AvgIpc) is 2.42. The van der Waals surface area contributed by atoms with Gasteiger partial charge in [0, 0.05) is 4.47 Å². The lowest BCUT2D eigenvalue weighted by Crippen LogP contribution is -2.34. The summed E-state index contributed by atoms with van der Waals surface area (Å²) in [6.45, 7) is 0. The molecule has 7 heteroatoms. The van der Waals surface area contributed by atoms with Crippen LogP contribution in [0.25, 0.3) is 0 Å². The summed E-state index contributed by atoms with van der Waals surface area (Å²) in [6, 6.07) is 3.22. The molecule has 1 aliphatic rings. The highest BCUT2D eigenvalue weighted by Gasteiger charge is 2.34. The molecule has 0 fully saturated rings. The minimum absolute atomic E-state index is 0.293. The van der Waals surface area contributed by atoms with Crippen LogP contribution in [0.1, 0.15) is 12.8 Å². The standard InChI is InChI=1S/C14H12BrCl2NO3/c15-7-5-10(16)12(11(17)6-7)18-13(19)8-3-1-2-4-9(8)14(20)21/h1-2,5-6,8-9H,3-4H2,(H,18,19)(H,20,21). The van der Waals surface area contributed by atoms with Crippen molar-refractivity contribution in [2.75, 3.05) is 5.32 Å². The molecule has 4 nitrogen and oxygen atoms in total. The molecule has 0 aromatic heterocycles. The highest BCUT2D eigenvalue weighted by Crippen LogP contribution is 2.35. The Balaban J connectivity index is 2.21. The maximum atomic E-state index is 12.3. The van der Waals surface area contributed by atoms with Gasteiger partial charge in [0.25, 0.3) is 0 Å². The summed E-state index contributed by atoms with van der Waals surface area (Å²) in [4.78, 5) is 23.6. The molecule has 1 amide bonds. The van der Waals surface area contributed by atoms with E-state index in [-0.39, 0.29) is 0 Å². The number of amides is 1. The molecule has 0 saturated carbocycles. The number of benzene rings is 1. The Hall–Kier alpha value is -1.04. The van der Waals surface area contributed by atoms with Gasteiger partial charge >= 0.3 is 5.97 Å². The van der Waals surface area contributed by atoms with E-state index in [1.165, 1.54) is 0 Å². The first kappa shape index (κ1) is 16.3. The zero-order valence-corrected chi connectivity index (χ0v) is 13.9. The van der Waals surface area contributed by atoms with Crippen LogP contribution in [0.4, 0.5) is 5.69 Å². The molecular weight excluding hydrogens is 381 g/mol. The minimum atomic E-state index is -0.979. The predicted octanol–water partition coefficient (Wildman–Crippen LogP) is 4.36. The molecule has 2 unspecified atom stereocenters. The number of carboxylic acids is 1. The topological polar surface area (TPSA) is 66.4 Å². The van der Waals surface area contributed by atoms with Crippen molar-refractivity contribution in [3.05, 3.63) is 38.8 Å². The lowest BCUT2D eigenvalue weighted by Gasteiger charge is -2.24. The molecule has 21 heavy (non-hydrogen) atoms. The van der Waals surface area contributed by atoms with Gasteiger partial charge in [0.1, 0.15) is 0 Å². The lowest BCUT2D eigenvalue weighted by atomic mass is 9.82. The van der Waals surface area contributed by atoms with Gasteiger partial charge in [-0.25, -0.2) is 0 Å². The second-order valence-electron chi connectivity index (χ2n) is 4.73. The molecule has 2 N–H and O–H groups in total. The van der Waals surface area contributed by atoms with Crippen LogP contribution >= 0.6 is 39.1 Å². The number of hydrogen-bond donors (Lipinski definition) is 2. The second kappa shape index (κ2) is 6.81. The van der Waals surface area contributed by atoms with Crippen molar-refractivity contribution in [3.8, 4) is 0 Å². The van der Waals surface area contributed by atoms with Gasteiger partial charge in [-0.15, -0.1) is 0 Å². The van der Waals surface area contributed by atoms with Crippen molar-refractivity contribution >= 4 is 56.7 Å². The molecule has 1 aliphatic carbocycles. The highest BCUT2D eigenvalue weighted by molar-refractivity contribution is 9.10. The SMILES string of the molecule is O=C(O)C1CC=CCC1C(=O)Nc1c(Cl)cc(Br)cc1Cl. The summed E-state index contributed by atoms with van der Waals surface area (Å²) < 4.78 is 0.694. The summed E-state index contributed by atoms with van der Waals surface area (Å²) in [7, 11) is 0. The number of carbonyl (C=O) groups excluding carboxylic acids is 1. The van der Waals surface area contributed by atoms with Crippen molar-refractivity contribution in [3.63, 3.8) is 0 Å². The first-order valence-electron chi connectivity index (χ1n) is 6.23. The van der Waals surface area contributed by atoms with E-state index in [1.54, 1.807) is 18.2 Å². The zero-order chi connectivity index (χ0) is 15.6. The summed E-state index contributed by atoms with van der Waals surface area (Å²) in [6.07, 6.45) is 4.32. The largest absolute Gasteiger partial charge is 0.481 e. The van der Waals surface area contributed by atoms with E-state index in [0.29, 0.717) is 33.0 Å². The molecule has 2 rings (SSSR count). The van der Waals surface area contributed by atoms with Crippen LogP contribution in [0.5, 0.6) is 0 Å². The molecule has 112 valence electrons. The molecule has 0 radical (unpaired) electrons. The highest BCUT2D eigenvalue weighted by atomic mass is 79.9. The van der Waals surface area contributed by atoms with Crippen molar-refractivity contribution in [1.82, 2.24) is 0 Å². The average molecular weight is 393 g/mol. The van der Waals surface area contributed by atoms with Gasteiger partial charge in [-0.05, 0) is 25.0 Å². The summed E-state index contributed by atoms with van der Waals surface area (Å²) in [5.41, 5.74) is 0.297. The zero-order valence-electron chi connectivity index (χ0n) is 10.8. The predicted molar refractivity (Wildman–Crippen MR) is 85.8 cm³/mol. The van der Waals surface area contributed by atoms with E-state index < -0.39 is 23.7 Å². The normalized spacial score (nSPS) is 21.1. The smallest absolute Gasteiger partial charge is 0.307 e. The van der Waals surface area contributed by atoms with Crippen molar-refractivity contribution < 1.29 is 14.7 Å². The fraction of sp³-hybridized carbons (Fsp3) is 0.286. The van der Waals surface area contributed by atoms with Crippen LogP contribution in [0.2, 0.25) is 10.0 Å². The number of hydrogen-bond acceptors (Lipinski definition) is 2. The minimum Gasteiger partial charge on any atom is -0.481 e. The Morgan fingerprint density at radius 1 is 1.14 bits per heavy atom. The number of carbonyl (C=O) groups is 2. The number of nitrogens with one attached hydrogen (secondary N) is 1. The van der Waals surface area contributed by atoms with Crippen LogP contribution in [0.3, 0.4) is 0 Å². The van der Waals surface area contributed by atoms with E-state index in [9.17, 15) is 14.7 Å². The van der Waals surface area contributed by atoms with Crippen LogP contribution in [0.15, 0.2) is 28.8 Å². The van der Waals surface area contributed by atoms with Crippen LogP contribution in [-0.2, 0) is 9.59 Å². The Labute approximate surface area is 140 Å². The molecule has 0 bridgehead atoms. The summed E-state index contributed by atoms with van der Waals surface area (Å²) in [5.74, 6) is -2.74. The van der Waals surface area contributed by atoms with E-state index in [0.717, 1.165) is 0 Å². The second-order valence-corrected chi connectivity index (χ2v) is 6.46. The van der Waals surface area contributed by atoms with E-state index in [4.69, 9.17) is 23.2 Å². The number of halogens is 3. The number of carboxylic acid groups (broad SMARTS) is 1. The first-order valence-corrected chi connectivity index (χ1v) is 7.78. The molecule has 0 spiro atoms. The van der Waals surface area contributed by atoms with Crippen molar-refractivity contribution in [2.45, 2.75) is 12.8 Å². The Morgan fingerprint density at radius 2 is 1.67 bits per heavy atom. The number of anilines is 1. The maximum absolute atomic E-state index is 12.3. The monoisotopic (exact) mass is 391 g/mol. The van der Waals surface area contributed by atoms with Gasteiger partial charge in [-0.3, -0.25) is 9.59 Å². The quantitative estimate of drug-likeness (QED) is 0.751. The fourth-order valence-corrected chi connectivity index (χ4v) is 3.56.